The first-order valence-electron chi connectivity index (χ1n) is 5.55. The fourth-order valence-electron chi connectivity index (χ4n) is 1.83. The Morgan fingerprint density at radius 3 is 2.88 bits per heavy atom. The normalized spacial score (nSPS) is 22.3. The molecule has 2 fully saturated rings. The summed E-state index contributed by atoms with van der Waals surface area (Å²) < 4.78 is 0. The Morgan fingerprint density at radius 2 is 2.38 bits per heavy atom. The molecule has 16 heavy (non-hydrogen) atoms. The molecular weight excluding hydrogens is 226 g/mol. The molecule has 1 aliphatic carbocycles. The van der Waals surface area contributed by atoms with Crippen molar-refractivity contribution >= 4 is 23.6 Å². The van der Waals surface area contributed by atoms with Crippen molar-refractivity contribution in [3.8, 4) is 0 Å². The first kappa shape index (κ1) is 11.7. The zero-order valence-corrected chi connectivity index (χ0v) is 9.96. The minimum atomic E-state index is -0.0850. The Bertz CT molecular complexity index is 294. The Kier molecular flexibility index (Phi) is 3.70. The predicted octanol–water partition coefficient (Wildman–Crippen LogP) is -0.627. The van der Waals surface area contributed by atoms with Crippen LogP contribution in [0.2, 0.25) is 0 Å². The average Bonchev–Trinajstić information content (AvgIpc) is 3.02. The third kappa shape index (κ3) is 2.89. The van der Waals surface area contributed by atoms with Crippen molar-refractivity contribution in [2.45, 2.75) is 18.9 Å². The third-order valence-corrected chi connectivity index (χ3v) is 3.90. The monoisotopic (exact) mass is 243 g/mol. The lowest BCUT2D eigenvalue weighted by Crippen LogP contribution is -2.46. The van der Waals surface area contributed by atoms with E-state index >= 15 is 0 Å². The highest BCUT2D eigenvalue weighted by Gasteiger charge is 2.32. The quantitative estimate of drug-likeness (QED) is 0.674. The van der Waals surface area contributed by atoms with Crippen LogP contribution in [0.4, 0.5) is 0 Å². The molecule has 1 unspecified atom stereocenters. The molecule has 1 heterocycles. The van der Waals surface area contributed by atoms with Crippen molar-refractivity contribution in [2.24, 2.45) is 11.7 Å². The van der Waals surface area contributed by atoms with Crippen LogP contribution in [0.3, 0.4) is 0 Å². The number of amides is 2. The lowest BCUT2D eigenvalue weighted by atomic mass is 10.2. The van der Waals surface area contributed by atoms with Gasteiger partial charge in [0.1, 0.15) is 6.54 Å². The van der Waals surface area contributed by atoms with Gasteiger partial charge in [-0.3, -0.25) is 9.59 Å². The Morgan fingerprint density at radius 1 is 1.62 bits per heavy atom. The second-order valence-corrected chi connectivity index (χ2v) is 5.27. The number of thioether (sulfide) groups is 1. The van der Waals surface area contributed by atoms with Gasteiger partial charge < -0.3 is 16.0 Å². The second-order valence-electron chi connectivity index (χ2n) is 4.32. The minimum absolute atomic E-state index is 0.0517. The van der Waals surface area contributed by atoms with Crippen LogP contribution in [0, 0.1) is 5.92 Å². The Labute approximate surface area is 99.1 Å². The molecule has 6 heteroatoms. The van der Waals surface area contributed by atoms with Gasteiger partial charge in [0.05, 0.1) is 11.6 Å². The summed E-state index contributed by atoms with van der Waals surface area (Å²) in [5.41, 5.74) is 5.60. The van der Waals surface area contributed by atoms with Crippen LogP contribution in [0.1, 0.15) is 12.8 Å². The van der Waals surface area contributed by atoms with Crippen molar-refractivity contribution in [3.05, 3.63) is 0 Å². The molecule has 0 bridgehead atoms. The molecular formula is C10H17N3O2S. The summed E-state index contributed by atoms with van der Waals surface area (Å²) in [6.07, 6.45) is 2.31. The standard InChI is InChI=1S/C10H17N3O2S/c11-3-8(7-1-2-7)12-9(14)4-13-6-16-5-10(13)15/h7-8H,1-6,11H2,(H,12,14). The number of carbonyl (C=O) groups is 2. The lowest BCUT2D eigenvalue weighted by molar-refractivity contribution is -0.132. The lowest BCUT2D eigenvalue weighted by Gasteiger charge is -2.19. The molecule has 0 radical (unpaired) electrons. The molecule has 1 atom stereocenters. The average molecular weight is 243 g/mol. The van der Waals surface area contributed by atoms with Gasteiger partial charge in [-0.25, -0.2) is 0 Å². The largest absolute Gasteiger partial charge is 0.350 e. The third-order valence-electron chi connectivity index (χ3n) is 2.95. The number of nitrogens with one attached hydrogen (secondary N) is 1. The van der Waals surface area contributed by atoms with E-state index in [1.165, 1.54) is 0 Å². The van der Waals surface area contributed by atoms with Gasteiger partial charge in [0.25, 0.3) is 0 Å². The first-order chi connectivity index (χ1) is 7.70. The number of carbonyl (C=O) groups excluding carboxylic acids is 2. The van der Waals surface area contributed by atoms with Crippen molar-refractivity contribution in [1.29, 1.82) is 0 Å². The molecule has 0 aromatic heterocycles. The summed E-state index contributed by atoms with van der Waals surface area (Å²) in [4.78, 5) is 24.6. The molecule has 1 aliphatic heterocycles. The topological polar surface area (TPSA) is 75.4 Å². The van der Waals surface area contributed by atoms with Gasteiger partial charge in [-0.05, 0) is 18.8 Å². The van der Waals surface area contributed by atoms with Gasteiger partial charge >= 0.3 is 0 Å². The van der Waals surface area contributed by atoms with Crippen LogP contribution in [0.5, 0.6) is 0 Å². The summed E-state index contributed by atoms with van der Waals surface area (Å²) in [7, 11) is 0. The molecule has 0 aromatic rings. The molecule has 0 aromatic carbocycles. The SMILES string of the molecule is NCC(NC(=O)CN1CSCC1=O)C1CC1. The molecule has 1 saturated carbocycles. The van der Waals surface area contributed by atoms with Gasteiger partial charge in [0.15, 0.2) is 0 Å². The van der Waals surface area contributed by atoms with E-state index in [2.05, 4.69) is 5.32 Å². The highest BCUT2D eigenvalue weighted by atomic mass is 32.2. The Hall–Kier alpha value is -0.750. The molecule has 1 saturated heterocycles. The number of rotatable bonds is 5. The van der Waals surface area contributed by atoms with Crippen molar-refractivity contribution in [2.75, 3.05) is 24.7 Å². The molecule has 3 N–H and O–H groups in total. The van der Waals surface area contributed by atoms with E-state index in [1.54, 1.807) is 16.7 Å². The van der Waals surface area contributed by atoms with E-state index in [-0.39, 0.29) is 24.4 Å². The number of hydrogen-bond donors (Lipinski definition) is 2. The van der Waals surface area contributed by atoms with E-state index < -0.39 is 0 Å². The van der Waals surface area contributed by atoms with Gasteiger partial charge in [0, 0.05) is 12.6 Å². The van der Waals surface area contributed by atoms with Crippen LogP contribution in [-0.2, 0) is 9.59 Å². The summed E-state index contributed by atoms with van der Waals surface area (Å²) in [6.45, 7) is 0.661. The van der Waals surface area contributed by atoms with E-state index in [1.807, 2.05) is 0 Å². The highest BCUT2D eigenvalue weighted by molar-refractivity contribution is 8.00. The molecule has 2 amide bonds. The molecule has 2 rings (SSSR count). The molecule has 2 aliphatic rings. The number of nitrogens with zero attached hydrogens (tertiary/aromatic N) is 1. The minimum Gasteiger partial charge on any atom is -0.350 e. The van der Waals surface area contributed by atoms with E-state index in [9.17, 15) is 9.59 Å². The van der Waals surface area contributed by atoms with E-state index in [4.69, 9.17) is 5.73 Å². The molecule has 5 nitrogen and oxygen atoms in total. The van der Waals surface area contributed by atoms with Crippen molar-refractivity contribution in [3.63, 3.8) is 0 Å². The summed E-state index contributed by atoms with van der Waals surface area (Å²) in [5.74, 6) is 1.64. The van der Waals surface area contributed by atoms with Crippen LogP contribution >= 0.6 is 11.8 Å². The van der Waals surface area contributed by atoms with Crippen LogP contribution < -0.4 is 11.1 Å². The van der Waals surface area contributed by atoms with Crippen molar-refractivity contribution in [1.82, 2.24) is 10.2 Å². The second kappa shape index (κ2) is 5.05. The van der Waals surface area contributed by atoms with Gasteiger partial charge in [-0.1, -0.05) is 0 Å². The first-order valence-corrected chi connectivity index (χ1v) is 6.71. The van der Waals surface area contributed by atoms with Crippen LogP contribution in [-0.4, -0.2) is 47.5 Å². The van der Waals surface area contributed by atoms with Gasteiger partial charge in [0.2, 0.25) is 11.8 Å². The molecule has 90 valence electrons. The maximum atomic E-state index is 11.7. The van der Waals surface area contributed by atoms with Crippen LogP contribution in [0.25, 0.3) is 0 Å². The maximum absolute atomic E-state index is 11.7. The smallest absolute Gasteiger partial charge is 0.239 e. The van der Waals surface area contributed by atoms with Gasteiger partial charge in [-0.15, -0.1) is 11.8 Å². The predicted molar refractivity (Wildman–Crippen MR) is 62.7 cm³/mol. The summed E-state index contributed by atoms with van der Waals surface area (Å²) >= 11 is 1.55. The van der Waals surface area contributed by atoms with Crippen molar-refractivity contribution < 1.29 is 9.59 Å². The number of hydrogen-bond acceptors (Lipinski definition) is 4. The maximum Gasteiger partial charge on any atom is 0.239 e. The zero-order chi connectivity index (χ0) is 11.5. The highest BCUT2D eigenvalue weighted by Crippen LogP contribution is 2.32. The fraction of sp³-hybridized carbons (Fsp3) is 0.800. The van der Waals surface area contributed by atoms with Gasteiger partial charge in [-0.2, -0.15) is 0 Å². The van der Waals surface area contributed by atoms with Crippen LogP contribution in [0.15, 0.2) is 0 Å². The van der Waals surface area contributed by atoms with E-state index in [0.29, 0.717) is 24.1 Å². The summed E-state index contributed by atoms with van der Waals surface area (Å²) in [5, 5.41) is 2.91. The summed E-state index contributed by atoms with van der Waals surface area (Å²) in [6, 6.07) is 0.0952. The Balaban J connectivity index is 1.76. The fourth-order valence-corrected chi connectivity index (χ4v) is 2.74. The molecule has 0 spiro atoms. The zero-order valence-electron chi connectivity index (χ0n) is 9.15. The number of nitrogens with two attached hydrogens (primary N) is 1. The van der Waals surface area contributed by atoms with E-state index in [0.717, 1.165) is 12.8 Å².